The largest absolute Gasteiger partial charge is 0.469 e. The van der Waals surface area contributed by atoms with Crippen LogP contribution in [0.2, 0.25) is 0 Å². The van der Waals surface area contributed by atoms with Gasteiger partial charge in [-0.2, -0.15) is 0 Å². The molecule has 4 rings (SSSR count). The summed E-state index contributed by atoms with van der Waals surface area (Å²) in [6, 6.07) is 8.16. The van der Waals surface area contributed by atoms with Gasteiger partial charge >= 0.3 is 0 Å². The molecule has 4 nitrogen and oxygen atoms in total. The van der Waals surface area contributed by atoms with Crippen molar-refractivity contribution in [2.45, 2.75) is 18.9 Å². The normalized spacial score (nSPS) is 25.4. The third-order valence-corrected chi connectivity index (χ3v) is 5.52. The van der Waals surface area contributed by atoms with Crippen molar-refractivity contribution in [1.82, 2.24) is 9.80 Å². The molecule has 3 heterocycles. The van der Waals surface area contributed by atoms with Crippen molar-refractivity contribution in [3.05, 3.63) is 46.5 Å². The molecule has 2 atom stereocenters. The minimum atomic E-state index is 0.148. The molecular weight excluding hydrogens is 296 g/mol. The molecule has 1 amide bonds. The molecule has 5 heteroatoms. The number of carbonyl (C=O) groups excluding carboxylic acids is 1. The number of hydrogen-bond donors (Lipinski definition) is 0. The summed E-state index contributed by atoms with van der Waals surface area (Å²) >= 11 is 1.80. The maximum absolute atomic E-state index is 12.6. The third kappa shape index (κ3) is 2.83. The van der Waals surface area contributed by atoms with Gasteiger partial charge in [0.25, 0.3) is 0 Å². The molecule has 0 N–H and O–H groups in total. The molecule has 0 aromatic carbocycles. The average Bonchev–Trinajstić information content (AvgIpc) is 2.94. The second kappa shape index (κ2) is 5.89. The lowest BCUT2D eigenvalue weighted by atomic mass is 10.2. The van der Waals surface area contributed by atoms with E-state index in [-0.39, 0.29) is 5.92 Å². The zero-order valence-electron chi connectivity index (χ0n) is 12.5. The van der Waals surface area contributed by atoms with E-state index in [1.54, 1.807) is 17.6 Å². The van der Waals surface area contributed by atoms with Crippen molar-refractivity contribution in [3.8, 4) is 0 Å². The van der Waals surface area contributed by atoms with Crippen molar-refractivity contribution in [2.75, 3.05) is 26.2 Å². The summed E-state index contributed by atoms with van der Waals surface area (Å²) < 4.78 is 5.42. The Labute approximate surface area is 134 Å². The van der Waals surface area contributed by atoms with E-state index in [9.17, 15) is 4.79 Å². The monoisotopic (exact) mass is 316 g/mol. The smallest absolute Gasteiger partial charge is 0.226 e. The lowest BCUT2D eigenvalue weighted by molar-refractivity contribution is -0.134. The first-order valence-electron chi connectivity index (χ1n) is 7.88. The quantitative estimate of drug-likeness (QED) is 0.870. The van der Waals surface area contributed by atoms with Crippen LogP contribution in [-0.2, 0) is 11.3 Å². The van der Waals surface area contributed by atoms with Gasteiger partial charge in [-0.15, -0.1) is 11.3 Å². The summed E-state index contributed by atoms with van der Waals surface area (Å²) in [4.78, 5) is 18.4. The van der Waals surface area contributed by atoms with Gasteiger partial charge in [0.15, 0.2) is 0 Å². The Bertz CT molecular complexity index is 615. The van der Waals surface area contributed by atoms with Gasteiger partial charge in [0.2, 0.25) is 5.91 Å². The second-order valence-corrected chi connectivity index (χ2v) is 7.18. The van der Waals surface area contributed by atoms with E-state index in [0.717, 1.165) is 44.9 Å². The van der Waals surface area contributed by atoms with Gasteiger partial charge in [0.1, 0.15) is 5.76 Å². The molecule has 1 saturated heterocycles. The Balaban J connectivity index is 1.28. The van der Waals surface area contributed by atoms with Crippen LogP contribution in [0.25, 0.3) is 0 Å². The van der Waals surface area contributed by atoms with Crippen molar-refractivity contribution in [1.29, 1.82) is 0 Å². The summed E-state index contributed by atoms with van der Waals surface area (Å²) in [5.41, 5.74) is 0. The van der Waals surface area contributed by atoms with Crippen LogP contribution in [0.3, 0.4) is 0 Å². The zero-order valence-corrected chi connectivity index (χ0v) is 13.3. The number of piperazine rings is 1. The van der Waals surface area contributed by atoms with Gasteiger partial charge < -0.3 is 9.32 Å². The number of rotatable bonds is 4. The van der Waals surface area contributed by atoms with E-state index in [0.29, 0.717) is 11.8 Å². The maximum atomic E-state index is 12.6. The molecule has 1 aliphatic carbocycles. The van der Waals surface area contributed by atoms with E-state index >= 15 is 0 Å². The summed E-state index contributed by atoms with van der Waals surface area (Å²) in [6.45, 7) is 4.67. The van der Waals surface area contributed by atoms with Crippen LogP contribution in [-0.4, -0.2) is 41.9 Å². The number of nitrogens with zero attached hydrogens (tertiary/aromatic N) is 2. The van der Waals surface area contributed by atoms with Gasteiger partial charge in [-0.05, 0) is 30.0 Å². The van der Waals surface area contributed by atoms with Crippen molar-refractivity contribution in [2.24, 2.45) is 5.92 Å². The maximum Gasteiger partial charge on any atom is 0.226 e. The molecule has 2 aromatic rings. The highest BCUT2D eigenvalue weighted by Gasteiger charge is 2.47. The number of hydrogen-bond acceptors (Lipinski definition) is 4. The number of thiophene rings is 1. The van der Waals surface area contributed by atoms with Crippen LogP contribution in [0.5, 0.6) is 0 Å². The Morgan fingerprint density at radius 2 is 2.09 bits per heavy atom. The van der Waals surface area contributed by atoms with E-state index in [1.807, 2.05) is 17.0 Å². The number of furan rings is 1. The lowest BCUT2D eigenvalue weighted by Crippen LogP contribution is -2.48. The van der Waals surface area contributed by atoms with E-state index in [4.69, 9.17) is 4.42 Å². The van der Waals surface area contributed by atoms with Crippen LogP contribution in [0.1, 0.15) is 23.0 Å². The molecule has 22 heavy (non-hydrogen) atoms. The topological polar surface area (TPSA) is 36.7 Å². The molecule has 2 aromatic heterocycles. The summed E-state index contributed by atoms with van der Waals surface area (Å²) in [6.07, 6.45) is 2.64. The molecule has 0 bridgehead atoms. The molecular formula is C17H20N2O2S. The van der Waals surface area contributed by atoms with Crippen molar-refractivity contribution in [3.63, 3.8) is 0 Å². The minimum Gasteiger partial charge on any atom is -0.469 e. The average molecular weight is 316 g/mol. The molecule has 0 spiro atoms. The first-order valence-corrected chi connectivity index (χ1v) is 8.76. The van der Waals surface area contributed by atoms with Crippen molar-refractivity contribution < 1.29 is 9.21 Å². The van der Waals surface area contributed by atoms with E-state index in [1.165, 1.54) is 4.88 Å². The van der Waals surface area contributed by atoms with Crippen LogP contribution in [0.15, 0.2) is 40.3 Å². The summed E-state index contributed by atoms with van der Waals surface area (Å²) in [5, 5.41) is 2.12. The van der Waals surface area contributed by atoms with Crippen LogP contribution < -0.4 is 0 Å². The lowest BCUT2D eigenvalue weighted by Gasteiger charge is -2.34. The van der Waals surface area contributed by atoms with E-state index < -0.39 is 0 Å². The molecule has 2 unspecified atom stereocenters. The fourth-order valence-electron chi connectivity index (χ4n) is 3.27. The summed E-state index contributed by atoms with van der Waals surface area (Å²) in [7, 11) is 0. The zero-order chi connectivity index (χ0) is 14.9. The predicted molar refractivity (Wildman–Crippen MR) is 85.7 cm³/mol. The highest BCUT2D eigenvalue weighted by molar-refractivity contribution is 7.09. The molecule has 2 fully saturated rings. The van der Waals surface area contributed by atoms with Crippen LogP contribution >= 0.6 is 11.3 Å². The van der Waals surface area contributed by atoms with Gasteiger partial charge in [-0.3, -0.25) is 9.69 Å². The Kier molecular flexibility index (Phi) is 3.76. The van der Waals surface area contributed by atoms with Gasteiger partial charge in [-0.25, -0.2) is 0 Å². The number of amides is 1. The SMILES string of the molecule is O=C(C1CC1c1ccco1)N1CCN(Cc2cccs2)CC1. The highest BCUT2D eigenvalue weighted by Crippen LogP contribution is 2.48. The molecule has 1 saturated carbocycles. The van der Waals surface area contributed by atoms with E-state index in [2.05, 4.69) is 22.4 Å². The van der Waals surface area contributed by atoms with Gasteiger partial charge in [0, 0.05) is 49.4 Å². The fourth-order valence-corrected chi connectivity index (χ4v) is 4.01. The standard InChI is InChI=1S/C17H20N2O2S/c20-17(15-11-14(15)16-4-1-9-21-16)19-7-5-18(6-8-19)12-13-3-2-10-22-13/h1-4,9-10,14-15H,5-8,11-12H2. The number of carbonyl (C=O) groups is 1. The van der Waals surface area contributed by atoms with Crippen LogP contribution in [0.4, 0.5) is 0 Å². The Morgan fingerprint density at radius 3 is 2.77 bits per heavy atom. The first kappa shape index (κ1) is 14.0. The molecule has 1 aliphatic heterocycles. The van der Waals surface area contributed by atoms with Gasteiger partial charge in [-0.1, -0.05) is 6.07 Å². The van der Waals surface area contributed by atoms with Crippen molar-refractivity contribution >= 4 is 17.2 Å². The molecule has 2 aliphatic rings. The fraction of sp³-hybridized carbons (Fsp3) is 0.471. The van der Waals surface area contributed by atoms with Crippen LogP contribution in [0, 0.1) is 5.92 Å². The molecule has 116 valence electrons. The first-order chi connectivity index (χ1) is 10.8. The summed E-state index contributed by atoms with van der Waals surface area (Å²) in [5.74, 6) is 1.74. The third-order valence-electron chi connectivity index (χ3n) is 4.66. The predicted octanol–water partition coefficient (Wildman–Crippen LogP) is 2.79. The Morgan fingerprint density at radius 1 is 1.23 bits per heavy atom. The van der Waals surface area contributed by atoms with Gasteiger partial charge in [0.05, 0.1) is 6.26 Å². The minimum absolute atomic E-state index is 0.148. The molecule has 0 radical (unpaired) electrons. The highest BCUT2D eigenvalue weighted by atomic mass is 32.1. The second-order valence-electron chi connectivity index (χ2n) is 6.14. The Hall–Kier alpha value is -1.59.